The summed E-state index contributed by atoms with van der Waals surface area (Å²) in [4.78, 5) is 77.9. The maximum Gasteiger partial charge on any atom is 0.253 e. The highest BCUT2D eigenvalue weighted by molar-refractivity contribution is 6.31. The fourth-order valence-electron chi connectivity index (χ4n) is 7.52. The number of fused-ring (bicyclic) bond motifs is 3. The van der Waals surface area contributed by atoms with Gasteiger partial charge >= 0.3 is 0 Å². The molecule has 2 aromatic rings. The van der Waals surface area contributed by atoms with Crippen molar-refractivity contribution in [3.63, 3.8) is 0 Å². The Labute approximate surface area is 302 Å². The van der Waals surface area contributed by atoms with Gasteiger partial charge in [0.05, 0.1) is 42.0 Å². The molecular formula is C37H40N2O14. The summed E-state index contributed by atoms with van der Waals surface area (Å²) < 4.78 is 17.4. The van der Waals surface area contributed by atoms with E-state index in [0.29, 0.717) is 19.3 Å². The number of aromatic hydroxyl groups is 2. The van der Waals surface area contributed by atoms with E-state index in [1.807, 2.05) is 0 Å². The Balaban J connectivity index is 1.23. The number of aliphatic hydroxyl groups excluding tert-OH is 2. The molecule has 1 fully saturated rings. The number of imide groups is 1. The molecule has 282 valence electrons. The number of methoxy groups -OCH3 is 1. The van der Waals surface area contributed by atoms with Gasteiger partial charge < -0.3 is 45.1 Å². The van der Waals surface area contributed by atoms with E-state index in [4.69, 9.17) is 14.2 Å². The Morgan fingerprint density at radius 3 is 2.38 bits per heavy atom. The normalized spacial score (nSPS) is 26.3. The summed E-state index contributed by atoms with van der Waals surface area (Å²) in [6, 6.07) is 3.41. The van der Waals surface area contributed by atoms with Crippen molar-refractivity contribution in [2.75, 3.05) is 20.3 Å². The maximum absolute atomic E-state index is 13.9. The van der Waals surface area contributed by atoms with Crippen LogP contribution in [-0.2, 0) is 35.1 Å². The van der Waals surface area contributed by atoms with Crippen LogP contribution in [0.2, 0.25) is 0 Å². The van der Waals surface area contributed by atoms with Gasteiger partial charge in [0.15, 0.2) is 17.9 Å². The molecule has 2 aliphatic heterocycles. The number of unbranched alkanes of at least 4 members (excludes halogenated alkanes) is 2. The zero-order chi connectivity index (χ0) is 38.4. The third-order valence-corrected chi connectivity index (χ3v) is 10.3. The molecule has 16 heteroatoms. The third-order valence-electron chi connectivity index (χ3n) is 10.3. The van der Waals surface area contributed by atoms with Crippen molar-refractivity contribution in [3.05, 3.63) is 63.7 Å². The summed E-state index contributed by atoms with van der Waals surface area (Å²) in [5.74, 6) is -5.24. The molecule has 4 aliphatic rings. The van der Waals surface area contributed by atoms with Gasteiger partial charge in [-0.3, -0.25) is 33.7 Å². The van der Waals surface area contributed by atoms with E-state index in [9.17, 15) is 54.3 Å². The van der Waals surface area contributed by atoms with Crippen molar-refractivity contribution in [1.82, 2.24) is 10.2 Å². The number of hydrogen-bond acceptors (Lipinski definition) is 14. The molecule has 2 aliphatic carbocycles. The smallest absolute Gasteiger partial charge is 0.253 e. The molecular weight excluding hydrogens is 696 g/mol. The second-order valence-electron chi connectivity index (χ2n) is 13.6. The van der Waals surface area contributed by atoms with E-state index in [0.717, 1.165) is 4.90 Å². The highest BCUT2D eigenvalue weighted by Crippen LogP contribution is 2.52. The van der Waals surface area contributed by atoms with Gasteiger partial charge in [0.1, 0.15) is 35.6 Å². The summed E-state index contributed by atoms with van der Waals surface area (Å²) in [6.07, 6.45) is -2.15. The summed E-state index contributed by atoms with van der Waals surface area (Å²) >= 11 is 0. The molecule has 53 heavy (non-hydrogen) atoms. The van der Waals surface area contributed by atoms with Gasteiger partial charge in [-0.05, 0) is 25.8 Å². The maximum atomic E-state index is 13.9. The van der Waals surface area contributed by atoms with Gasteiger partial charge in [0.2, 0.25) is 11.7 Å². The van der Waals surface area contributed by atoms with Crippen LogP contribution in [0, 0.1) is 0 Å². The van der Waals surface area contributed by atoms with Gasteiger partial charge in [0.25, 0.3) is 11.8 Å². The lowest BCUT2D eigenvalue weighted by Crippen LogP contribution is -2.55. The molecule has 0 bridgehead atoms. The number of phenolic OH excluding ortho intramolecular Hbond substituents is 2. The van der Waals surface area contributed by atoms with Crippen LogP contribution >= 0.6 is 0 Å². The van der Waals surface area contributed by atoms with Crippen molar-refractivity contribution in [1.29, 1.82) is 0 Å². The minimum atomic E-state index is -2.34. The summed E-state index contributed by atoms with van der Waals surface area (Å²) in [5.41, 5.74) is -4.06. The number of phenols is 2. The minimum Gasteiger partial charge on any atom is -0.507 e. The molecule has 1 saturated heterocycles. The number of benzene rings is 2. The van der Waals surface area contributed by atoms with Crippen LogP contribution in [0.1, 0.15) is 94.5 Å². The second-order valence-corrected chi connectivity index (χ2v) is 13.6. The number of Topliss-reactive ketones (excluding diaryl/α,β-unsaturated/α-hetero) is 1. The van der Waals surface area contributed by atoms with E-state index in [1.165, 1.54) is 44.4 Å². The van der Waals surface area contributed by atoms with Crippen molar-refractivity contribution >= 4 is 35.1 Å². The van der Waals surface area contributed by atoms with Gasteiger partial charge in [-0.15, -0.1) is 0 Å². The van der Waals surface area contributed by atoms with Crippen molar-refractivity contribution in [2.45, 2.75) is 88.1 Å². The summed E-state index contributed by atoms with van der Waals surface area (Å²) in [7, 11) is 1.30. The Bertz CT molecular complexity index is 1900. The molecule has 6 rings (SSSR count). The quantitative estimate of drug-likeness (QED) is 0.0849. The van der Waals surface area contributed by atoms with Crippen LogP contribution in [0.5, 0.6) is 17.2 Å². The number of carbonyl (C=O) groups is 6. The predicted molar refractivity (Wildman–Crippen MR) is 180 cm³/mol. The molecule has 6 unspecified atom stereocenters. The molecule has 16 nitrogen and oxygen atoms in total. The largest absolute Gasteiger partial charge is 0.507 e. The molecule has 2 heterocycles. The number of amides is 3. The van der Waals surface area contributed by atoms with Gasteiger partial charge in [-0.1, -0.05) is 18.6 Å². The van der Waals surface area contributed by atoms with E-state index >= 15 is 0 Å². The lowest BCUT2D eigenvalue weighted by atomic mass is 9.72. The molecule has 2 aromatic carbocycles. The fourth-order valence-corrected chi connectivity index (χ4v) is 7.52. The van der Waals surface area contributed by atoms with Crippen LogP contribution in [-0.4, -0.2) is 116 Å². The number of rotatable bonds is 12. The molecule has 0 aromatic heterocycles. The minimum absolute atomic E-state index is 0.0580. The molecule has 6 atom stereocenters. The van der Waals surface area contributed by atoms with Crippen molar-refractivity contribution in [3.8, 4) is 17.2 Å². The van der Waals surface area contributed by atoms with Crippen LogP contribution in [0.15, 0.2) is 30.4 Å². The average molecular weight is 737 g/mol. The number of carbonyl (C=O) groups excluding carboxylic acids is 6. The first-order valence-corrected chi connectivity index (χ1v) is 17.3. The third kappa shape index (κ3) is 6.84. The summed E-state index contributed by atoms with van der Waals surface area (Å²) in [5, 5.41) is 58.1. The Hall–Kier alpha value is -5.00. The number of ketones is 3. The number of nitrogens with zero attached hydrogens (tertiary/aromatic N) is 1. The van der Waals surface area contributed by atoms with E-state index in [-0.39, 0.29) is 59.2 Å². The van der Waals surface area contributed by atoms with E-state index < -0.39 is 102 Å². The monoisotopic (exact) mass is 736 g/mol. The van der Waals surface area contributed by atoms with Gasteiger partial charge in [-0.2, -0.15) is 0 Å². The number of hydrogen-bond donors (Lipinski definition) is 6. The summed E-state index contributed by atoms with van der Waals surface area (Å²) in [6.45, 7) is 0.682. The van der Waals surface area contributed by atoms with Crippen LogP contribution in [0.3, 0.4) is 0 Å². The second kappa shape index (κ2) is 14.8. The lowest BCUT2D eigenvalue weighted by Gasteiger charge is -2.43. The molecule has 6 N–H and O–H groups in total. The van der Waals surface area contributed by atoms with Crippen LogP contribution < -0.4 is 10.1 Å². The van der Waals surface area contributed by atoms with Gasteiger partial charge in [0, 0.05) is 61.1 Å². The van der Waals surface area contributed by atoms with Gasteiger partial charge in [-0.25, -0.2) is 0 Å². The molecule has 0 radical (unpaired) electrons. The van der Waals surface area contributed by atoms with E-state index in [1.54, 1.807) is 0 Å². The van der Waals surface area contributed by atoms with Crippen molar-refractivity contribution in [2.24, 2.45) is 0 Å². The fraction of sp³-hybridized carbons (Fsp3) is 0.459. The first-order chi connectivity index (χ1) is 25.2. The Morgan fingerprint density at radius 1 is 1.00 bits per heavy atom. The zero-order valence-electron chi connectivity index (χ0n) is 29.0. The highest BCUT2D eigenvalue weighted by atomic mass is 16.7. The highest BCUT2D eigenvalue weighted by Gasteiger charge is 2.50. The Morgan fingerprint density at radius 2 is 1.70 bits per heavy atom. The number of ether oxygens (including phenoxy) is 3. The van der Waals surface area contributed by atoms with E-state index in [2.05, 4.69) is 5.32 Å². The topological polar surface area (TPSA) is 247 Å². The zero-order valence-corrected chi connectivity index (χ0v) is 29.0. The lowest BCUT2D eigenvalue weighted by molar-refractivity contribution is -0.249. The standard InChI is InChI=1S/C37H40N2O14/c1-17-32(45)20(38-24(42)9-4-3-5-12-39-25(43)10-11-26(39)44)13-27(52-17)53-22-15-37(50,23(41)16-40)14-19-29(22)36(49)31-30(34(19)47)33(46)18-7-6-8-21(51-2)28(18)35(31)48/h6-8,10-11,17,20,22,27,32,40,45,47,49-50H,3-5,9,12-16H2,1-2H3,(H,38,42). The SMILES string of the molecule is COc1cccc2c1C(=O)c1c(O)c3c(c(O)c1C2=O)CC(O)(C(=O)CO)CC3OC1CC(NC(=O)CCCCCN2C(=O)C=CC2=O)C(O)C(C)O1. The van der Waals surface area contributed by atoms with Crippen LogP contribution in [0.4, 0.5) is 0 Å². The molecule has 0 spiro atoms. The average Bonchev–Trinajstić information content (AvgIpc) is 3.45. The van der Waals surface area contributed by atoms with Crippen molar-refractivity contribution < 1.29 is 68.5 Å². The number of nitrogens with one attached hydrogen (secondary N) is 1. The molecule has 3 amide bonds. The molecule has 0 saturated carbocycles. The number of aliphatic hydroxyl groups is 3. The predicted octanol–water partition coefficient (Wildman–Crippen LogP) is 0.644. The first kappa shape index (κ1) is 37.7. The first-order valence-electron chi connectivity index (χ1n) is 17.3. The van der Waals surface area contributed by atoms with Crippen LogP contribution in [0.25, 0.3) is 0 Å². The Kier molecular flexibility index (Phi) is 10.5.